The van der Waals surface area contributed by atoms with Crippen molar-refractivity contribution in [3.8, 4) is 0 Å². The molecule has 0 heterocycles. The lowest BCUT2D eigenvalue weighted by Gasteiger charge is -2.12. The van der Waals surface area contributed by atoms with Crippen molar-refractivity contribution in [1.82, 2.24) is 0 Å². The molecule has 0 bridgehead atoms. The number of carbonyl (C=O) groups excluding carboxylic acids is 1. The number of alkyl halides is 2. The second-order valence-corrected chi connectivity index (χ2v) is 3.65. The monoisotopic (exact) mass is 274 g/mol. The number of rotatable bonds is 7. The van der Waals surface area contributed by atoms with E-state index in [1.165, 1.54) is 7.11 Å². The minimum atomic E-state index is -2.48. The molecular weight excluding hydrogens is 258 g/mol. The van der Waals surface area contributed by atoms with Crippen LogP contribution in [0.4, 0.5) is 20.2 Å². The molecule has 1 rings (SSSR count). The Bertz CT molecular complexity index is 427. The summed E-state index contributed by atoms with van der Waals surface area (Å²) in [5.41, 5.74) is 6.83. The molecule has 19 heavy (non-hydrogen) atoms. The molecule has 0 unspecified atom stereocenters. The molecule has 0 saturated carbocycles. The Kier molecular flexibility index (Phi) is 6.01. The van der Waals surface area contributed by atoms with Crippen molar-refractivity contribution in [3.63, 3.8) is 0 Å². The van der Waals surface area contributed by atoms with Crippen molar-refractivity contribution < 1.29 is 23.0 Å². The van der Waals surface area contributed by atoms with Crippen LogP contribution >= 0.6 is 0 Å². The standard InChI is InChI=1S/C12H16F2N2O3/c1-18-12(17)8-3-2-4-9(11(8)15)16-5-6-19-7-10(13)14/h2-4,10,16H,5-7,15H2,1H3. The van der Waals surface area contributed by atoms with Gasteiger partial charge in [0.15, 0.2) is 0 Å². The number of nitrogen functional groups attached to an aromatic ring is 1. The maximum absolute atomic E-state index is 11.8. The fourth-order valence-electron chi connectivity index (χ4n) is 1.44. The fourth-order valence-corrected chi connectivity index (χ4v) is 1.44. The Morgan fingerprint density at radius 2 is 2.21 bits per heavy atom. The highest BCUT2D eigenvalue weighted by Gasteiger charge is 2.12. The van der Waals surface area contributed by atoms with E-state index in [2.05, 4.69) is 10.1 Å². The summed E-state index contributed by atoms with van der Waals surface area (Å²) in [5.74, 6) is -0.532. The lowest BCUT2D eigenvalue weighted by Crippen LogP contribution is -2.15. The summed E-state index contributed by atoms with van der Waals surface area (Å²) in [6.07, 6.45) is -2.48. The number of para-hydroxylation sites is 1. The number of carbonyl (C=O) groups is 1. The lowest BCUT2D eigenvalue weighted by atomic mass is 10.1. The first-order valence-electron chi connectivity index (χ1n) is 5.62. The van der Waals surface area contributed by atoms with Gasteiger partial charge in [0.1, 0.15) is 6.61 Å². The minimum absolute atomic E-state index is 0.117. The summed E-state index contributed by atoms with van der Waals surface area (Å²) in [6, 6.07) is 4.86. The van der Waals surface area contributed by atoms with E-state index in [1.807, 2.05) is 0 Å². The van der Waals surface area contributed by atoms with Crippen LogP contribution in [0.15, 0.2) is 18.2 Å². The van der Waals surface area contributed by atoms with Crippen LogP contribution < -0.4 is 11.1 Å². The molecule has 1 aromatic carbocycles. The first-order valence-corrected chi connectivity index (χ1v) is 5.62. The molecule has 0 atom stereocenters. The molecule has 0 fully saturated rings. The number of nitrogens with one attached hydrogen (secondary N) is 1. The lowest BCUT2D eigenvalue weighted by molar-refractivity contribution is 0.0215. The molecule has 0 radical (unpaired) electrons. The zero-order valence-corrected chi connectivity index (χ0v) is 10.5. The number of nitrogens with two attached hydrogens (primary N) is 1. The van der Waals surface area contributed by atoms with Crippen LogP contribution in [-0.4, -0.2) is 39.3 Å². The van der Waals surface area contributed by atoms with Gasteiger partial charge in [-0.1, -0.05) is 6.07 Å². The molecule has 0 amide bonds. The fraction of sp³-hybridized carbons (Fsp3) is 0.417. The average molecular weight is 274 g/mol. The van der Waals surface area contributed by atoms with Gasteiger partial charge in [0.05, 0.1) is 30.7 Å². The first kappa shape index (κ1) is 15.2. The predicted molar refractivity (Wildman–Crippen MR) is 67.5 cm³/mol. The summed E-state index contributed by atoms with van der Waals surface area (Å²) in [7, 11) is 1.26. The highest BCUT2D eigenvalue weighted by molar-refractivity contribution is 5.98. The van der Waals surface area contributed by atoms with E-state index in [1.54, 1.807) is 18.2 Å². The summed E-state index contributed by atoms with van der Waals surface area (Å²) in [5, 5.41) is 2.90. The molecule has 0 aliphatic carbocycles. The van der Waals surface area contributed by atoms with Crippen molar-refractivity contribution in [2.75, 3.05) is 37.9 Å². The Labute approximate surface area is 109 Å². The van der Waals surface area contributed by atoms with Gasteiger partial charge in [0.2, 0.25) is 0 Å². The third-order valence-corrected chi connectivity index (χ3v) is 2.32. The SMILES string of the molecule is COC(=O)c1cccc(NCCOCC(F)F)c1N. The van der Waals surface area contributed by atoms with Crippen molar-refractivity contribution in [2.45, 2.75) is 6.43 Å². The van der Waals surface area contributed by atoms with Gasteiger partial charge in [-0.25, -0.2) is 13.6 Å². The summed E-state index contributed by atoms with van der Waals surface area (Å²) in [6.45, 7) is -0.173. The Morgan fingerprint density at radius 3 is 2.84 bits per heavy atom. The van der Waals surface area contributed by atoms with Crippen molar-refractivity contribution in [1.29, 1.82) is 0 Å². The number of hydrogen-bond acceptors (Lipinski definition) is 5. The number of methoxy groups -OCH3 is 1. The van der Waals surface area contributed by atoms with Gasteiger partial charge in [0, 0.05) is 6.54 Å². The Balaban J connectivity index is 2.52. The summed E-state index contributed by atoms with van der Waals surface area (Å²) < 4.78 is 32.9. The normalized spacial score (nSPS) is 10.5. The molecule has 0 aromatic heterocycles. The van der Waals surface area contributed by atoms with Crippen molar-refractivity contribution in [2.24, 2.45) is 0 Å². The number of ether oxygens (including phenoxy) is 2. The topological polar surface area (TPSA) is 73.6 Å². The maximum atomic E-state index is 11.8. The van der Waals surface area contributed by atoms with Gasteiger partial charge in [0.25, 0.3) is 6.43 Å². The second kappa shape index (κ2) is 7.52. The van der Waals surface area contributed by atoms with Gasteiger partial charge in [-0.3, -0.25) is 0 Å². The van der Waals surface area contributed by atoms with Gasteiger partial charge in [-0.15, -0.1) is 0 Å². The van der Waals surface area contributed by atoms with Crippen LogP contribution in [-0.2, 0) is 9.47 Å². The van der Waals surface area contributed by atoms with Crippen LogP contribution in [0.3, 0.4) is 0 Å². The summed E-state index contributed by atoms with van der Waals surface area (Å²) >= 11 is 0. The maximum Gasteiger partial charge on any atom is 0.340 e. The molecular formula is C12H16F2N2O3. The van der Waals surface area contributed by atoms with E-state index in [9.17, 15) is 13.6 Å². The van der Waals surface area contributed by atoms with Crippen LogP contribution in [0.25, 0.3) is 0 Å². The summed E-state index contributed by atoms with van der Waals surface area (Å²) in [4.78, 5) is 11.4. The zero-order valence-electron chi connectivity index (χ0n) is 10.5. The minimum Gasteiger partial charge on any atom is -0.465 e. The largest absolute Gasteiger partial charge is 0.465 e. The van der Waals surface area contributed by atoms with Crippen molar-refractivity contribution in [3.05, 3.63) is 23.8 Å². The van der Waals surface area contributed by atoms with E-state index < -0.39 is 19.0 Å². The highest BCUT2D eigenvalue weighted by atomic mass is 19.3. The molecule has 1 aromatic rings. The number of anilines is 2. The molecule has 0 aliphatic rings. The van der Waals surface area contributed by atoms with Crippen LogP contribution in [0.1, 0.15) is 10.4 Å². The predicted octanol–water partition coefficient (Wildman–Crippen LogP) is 1.75. The van der Waals surface area contributed by atoms with E-state index in [-0.39, 0.29) is 17.9 Å². The molecule has 7 heteroatoms. The second-order valence-electron chi connectivity index (χ2n) is 3.65. The number of halogens is 2. The molecule has 0 saturated heterocycles. The van der Waals surface area contributed by atoms with E-state index in [0.717, 1.165) is 0 Å². The van der Waals surface area contributed by atoms with Crippen molar-refractivity contribution >= 4 is 17.3 Å². The quantitative estimate of drug-likeness (QED) is 0.450. The molecule has 106 valence electrons. The third-order valence-electron chi connectivity index (χ3n) is 2.32. The van der Waals surface area contributed by atoms with Crippen LogP contribution in [0, 0.1) is 0 Å². The van der Waals surface area contributed by atoms with Gasteiger partial charge >= 0.3 is 5.97 Å². The molecule has 0 spiro atoms. The first-order chi connectivity index (χ1) is 9.06. The van der Waals surface area contributed by atoms with E-state index >= 15 is 0 Å². The Morgan fingerprint density at radius 1 is 1.47 bits per heavy atom. The molecule has 0 aliphatic heterocycles. The van der Waals surface area contributed by atoms with Gasteiger partial charge in [-0.05, 0) is 12.1 Å². The average Bonchev–Trinajstić information content (AvgIpc) is 2.39. The van der Waals surface area contributed by atoms with E-state index in [4.69, 9.17) is 10.5 Å². The van der Waals surface area contributed by atoms with E-state index in [0.29, 0.717) is 12.2 Å². The van der Waals surface area contributed by atoms with Crippen LogP contribution in [0.2, 0.25) is 0 Å². The zero-order chi connectivity index (χ0) is 14.3. The number of benzene rings is 1. The number of hydrogen-bond donors (Lipinski definition) is 2. The molecule has 3 N–H and O–H groups in total. The molecule has 5 nitrogen and oxygen atoms in total. The highest BCUT2D eigenvalue weighted by Crippen LogP contribution is 2.23. The Hall–Kier alpha value is -1.89. The van der Waals surface area contributed by atoms with Crippen LogP contribution in [0.5, 0.6) is 0 Å². The van der Waals surface area contributed by atoms with Gasteiger partial charge < -0.3 is 20.5 Å². The third kappa shape index (κ3) is 4.70. The number of esters is 1. The van der Waals surface area contributed by atoms with Gasteiger partial charge in [-0.2, -0.15) is 0 Å². The smallest absolute Gasteiger partial charge is 0.340 e.